The molecule has 1 aromatic rings. The second kappa shape index (κ2) is 10.8. The molecule has 3 fully saturated rings. The maximum atomic E-state index is 13.2. The van der Waals surface area contributed by atoms with E-state index in [-0.39, 0.29) is 52.5 Å². The summed E-state index contributed by atoms with van der Waals surface area (Å²) < 4.78 is 6.76. The second-order valence-corrected chi connectivity index (χ2v) is 14.7. The number of esters is 1. The van der Waals surface area contributed by atoms with Crippen LogP contribution in [0.2, 0.25) is 4.34 Å². The van der Waals surface area contributed by atoms with E-state index in [0.29, 0.717) is 30.6 Å². The van der Waals surface area contributed by atoms with E-state index in [4.69, 9.17) is 16.3 Å². The van der Waals surface area contributed by atoms with Gasteiger partial charge in [0.1, 0.15) is 6.10 Å². The zero-order chi connectivity index (χ0) is 28.1. The molecule has 1 N–H and O–H groups in total. The number of hydrogen-bond acceptors (Lipinski definition) is 5. The highest BCUT2D eigenvalue weighted by Gasteiger charge is 2.62. The molecular weight excluding hydrogens is 530 g/mol. The van der Waals surface area contributed by atoms with E-state index in [0.717, 1.165) is 46.9 Å². The fraction of sp³-hybridized carbons (Fsp3) is 0.656. The van der Waals surface area contributed by atoms with Crippen molar-refractivity contribution < 1.29 is 19.1 Å². The minimum atomic E-state index is -0.245. The zero-order valence-corrected chi connectivity index (χ0v) is 25.4. The van der Waals surface area contributed by atoms with Gasteiger partial charge in [-0.2, -0.15) is 0 Å². The fourth-order valence-corrected chi connectivity index (χ4v) is 10.2. The summed E-state index contributed by atoms with van der Waals surface area (Å²) >= 11 is 7.68. The van der Waals surface area contributed by atoms with Crippen molar-refractivity contribution in [1.29, 1.82) is 0 Å². The summed E-state index contributed by atoms with van der Waals surface area (Å²) in [7, 11) is 0. The van der Waals surface area contributed by atoms with Gasteiger partial charge in [0.05, 0.1) is 10.4 Å². The molecule has 9 atom stereocenters. The van der Waals surface area contributed by atoms with Crippen LogP contribution in [-0.4, -0.2) is 23.8 Å². The van der Waals surface area contributed by atoms with E-state index in [1.165, 1.54) is 18.3 Å². The van der Waals surface area contributed by atoms with Gasteiger partial charge in [0.15, 0.2) is 5.78 Å². The first-order valence-electron chi connectivity index (χ1n) is 14.6. The predicted octanol–water partition coefficient (Wildman–Crippen LogP) is 7.46. The molecule has 0 bridgehead atoms. The third-order valence-electron chi connectivity index (χ3n) is 10.8. The molecule has 0 saturated heterocycles. The van der Waals surface area contributed by atoms with Crippen molar-refractivity contribution in [3.63, 3.8) is 0 Å². The molecule has 5 rings (SSSR count). The molecule has 4 aliphatic rings. The molecule has 0 aromatic carbocycles. The van der Waals surface area contributed by atoms with Gasteiger partial charge >= 0.3 is 5.97 Å². The van der Waals surface area contributed by atoms with Crippen LogP contribution in [-0.2, 0) is 19.1 Å². The minimum Gasteiger partial charge on any atom is -0.462 e. The van der Waals surface area contributed by atoms with Crippen molar-refractivity contribution in [2.45, 2.75) is 91.7 Å². The zero-order valence-electron chi connectivity index (χ0n) is 23.8. The first-order valence-corrected chi connectivity index (χ1v) is 15.8. The molecule has 3 saturated carbocycles. The van der Waals surface area contributed by atoms with Crippen molar-refractivity contribution in [2.24, 2.45) is 40.4 Å². The Morgan fingerprint density at radius 3 is 2.64 bits per heavy atom. The third kappa shape index (κ3) is 5.16. The Labute approximate surface area is 241 Å². The molecule has 4 aliphatic carbocycles. The van der Waals surface area contributed by atoms with Gasteiger partial charge < -0.3 is 10.1 Å². The van der Waals surface area contributed by atoms with Crippen LogP contribution in [0.3, 0.4) is 0 Å². The van der Waals surface area contributed by atoms with Gasteiger partial charge in [0, 0.05) is 36.0 Å². The maximum Gasteiger partial charge on any atom is 0.302 e. The molecule has 0 unspecified atom stereocenters. The monoisotopic (exact) mass is 571 g/mol. The van der Waals surface area contributed by atoms with Gasteiger partial charge in [0.2, 0.25) is 5.91 Å². The van der Waals surface area contributed by atoms with Gasteiger partial charge in [-0.15, -0.1) is 11.3 Å². The van der Waals surface area contributed by atoms with Crippen molar-refractivity contribution in [3.8, 4) is 0 Å². The molecule has 39 heavy (non-hydrogen) atoms. The number of carbonyl (C=O) groups excluding carboxylic acids is 3. The van der Waals surface area contributed by atoms with Gasteiger partial charge in [-0.25, -0.2) is 0 Å². The fourth-order valence-electron chi connectivity index (χ4n) is 9.03. The van der Waals surface area contributed by atoms with Crippen LogP contribution in [0.5, 0.6) is 0 Å². The summed E-state index contributed by atoms with van der Waals surface area (Å²) in [6.45, 7) is 10.5. The van der Waals surface area contributed by atoms with Crippen LogP contribution in [0.25, 0.3) is 0 Å². The summed E-state index contributed by atoms with van der Waals surface area (Å²) in [6.07, 6.45) is 11.7. The highest BCUT2D eigenvalue weighted by molar-refractivity contribution is 7.16. The minimum absolute atomic E-state index is 0.00491. The number of halogens is 1. The van der Waals surface area contributed by atoms with Crippen LogP contribution >= 0.6 is 22.9 Å². The van der Waals surface area contributed by atoms with Crippen LogP contribution in [0.4, 0.5) is 0 Å². The Morgan fingerprint density at radius 1 is 1.21 bits per heavy atom. The summed E-state index contributed by atoms with van der Waals surface area (Å²) in [4.78, 5) is 38.8. The van der Waals surface area contributed by atoms with Gasteiger partial charge in [-0.3, -0.25) is 14.4 Å². The van der Waals surface area contributed by atoms with E-state index < -0.39 is 0 Å². The SMILES string of the molecule is CC[C@@H](NC(=O)C[C@@H](C)[C@H]1CC[C@H]2[C@@H]3[C@H](OC(C)=O)CC4=CC(=O)C=C[C@]4(C)[C@H]3CC[C@]12C)c1ccc(Cl)s1. The summed E-state index contributed by atoms with van der Waals surface area (Å²) in [5, 5.41) is 3.26. The number of carbonyl (C=O) groups is 3. The Balaban J connectivity index is 1.34. The third-order valence-corrected chi connectivity index (χ3v) is 12.2. The molecule has 1 amide bonds. The highest BCUT2D eigenvalue weighted by Crippen LogP contribution is 2.67. The smallest absolute Gasteiger partial charge is 0.302 e. The van der Waals surface area contributed by atoms with Gasteiger partial charge in [-0.1, -0.05) is 50.9 Å². The van der Waals surface area contributed by atoms with E-state index in [1.807, 2.05) is 12.1 Å². The Kier molecular flexibility index (Phi) is 7.93. The molecule has 5 nitrogen and oxygen atoms in total. The van der Waals surface area contributed by atoms with Crippen molar-refractivity contribution in [3.05, 3.63) is 45.1 Å². The molecule has 1 heterocycles. The molecule has 0 aliphatic heterocycles. The lowest BCUT2D eigenvalue weighted by molar-refractivity contribution is -0.163. The van der Waals surface area contributed by atoms with Crippen LogP contribution in [0, 0.1) is 40.4 Å². The number of rotatable bonds is 7. The van der Waals surface area contributed by atoms with E-state index in [9.17, 15) is 14.4 Å². The summed E-state index contributed by atoms with van der Waals surface area (Å²) in [5.74, 6) is 1.61. The Bertz CT molecular complexity index is 1200. The largest absolute Gasteiger partial charge is 0.462 e. The number of allylic oxidation sites excluding steroid dienone is 3. The Hall–Kier alpha value is -1.92. The van der Waals surface area contributed by atoms with Crippen molar-refractivity contribution >= 4 is 40.6 Å². The molecule has 1 aromatic heterocycles. The van der Waals surface area contributed by atoms with E-state index in [1.54, 1.807) is 12.2 Å². The number of ketones is 1. The van der Waals surface area contributed by atoms with E-state index in [2.05, 4.69) is 39.1 Å². The number of ether oxygens (including phenoxy) is 1. The topological polar surface area (TPSA) is 72.5 Å². The summed E-state index contributed by atoms with van der Waals surface area (Å²) in [5.41, 5.74) is 1.04. The van der Waals surface area contributed by atoms with Gasteiger partial charge in [0.25, 0.3) is 0 Å². The van der Waals surface area contributed by atoms with E-state index >= 15 is 0 Å². The Morgan fingerprint density at radius 2 is 1.97 bits per heavy atom. The number of amides is 1. The number of fused-ring (bicyclic) bond motifs is 5. The van der Waals surface area contributed by atoms with Crippen LogP contribution < -0.4 is 5.32 Å². The average Bonchev–Trinajstić information content (AvgIpc) is 3.46. The maximum absolute atomic E-state index is 13.2. The summed E-state index contributed by atoms with van der Waals surface area (Å²) in [6, 6.07) is 3.90. The van der Waals surface area contributed by atoms with Crippen LogP contribution in [0.1, 0.15) is 90.5 Å². The standard InChI is InChI=1S/C32H42ClNO4S/c1-6-25(27-9-10-28(33)39-27)34-29(37)15-18(2)22-7-8-23-30-24(12-14-32(22,23)5)31(4)13-11-21(36)16-20(31)17-26(30)38-19(3)35/h9-11,13,16,18,22-26,30H,6-8,12,14-15,17H2,1-5H3,(H,34,37)/t18-,22-,23+,24+,25-,26-,30+,31+,32-/m1/s1. The van der Waals surface area contributed by atoms with Crippen LogP contribution in [0.15, 0.2) is 35.9 Å². The lowest BCUT2D eigenvalue weighted by Crippen LogP contribution is -2.55. The number of nitrogens with one attached hydrogen (secondary N) is 1. The predicted molar refractivity (Wildman–Crippen MR) is 155 cm³/mol. The first-order chi connectivity index (χ1) is 18.5. The molecule has 212 valence electrons. The van der Waals surface area contributed by atoms with Crippen molar-refractivity contribution in [1.82, 2.24) is 5.32 Å². The average molecular weight is 572 g/mol. The molecule has 0 spiro atoms. The highest BCUT2D eigenvalue weighted by atomic mass is 35.5. The van der Waals surface area contributed by atoms with Gasteiger partial charge in [-0.05, 0) is 85.5 Å². The first kappa shape index (κ1) is 28.6. The lowest BCUT2D eigenvalue weighted by Gasteiger charge is -2.59. The second-order valence-electron chi connectivity index (χ2n) is 12.9. The quantitative estimate of drug-likeness (QED) is 0.345. The lowest BCUT2D eigenvalue weighted by atomic mass is 9.46. The number of hydrogen-bond donors (Lipinski definition) is 1. The molecular formula is C32H42ClNO4S. The molecule has 7 heteroatoms. The number of thiophene rings is 1. The van der Waals surface area contributed by atoms with Crippen molar-refractivity contribution in [2.75, 3.05) is 0 Å². The molecule has 0 radical (unpaired) electrons. The normalized spacial score (nSPS) is 36.7.